The van der Waals surface area contributed by atoms with Crippen molar-refractivity contribution in [2.75, 3.05) is 19.7 Å². The third-order valence-electron chi connectivity index (χ3n) is 7.32. The largest absolute Gasteiger partial charge is 0.493 e. The molecule has 40 heavy (non-hydrogen) atoms. The second-order valence-electron chi connectivity index (χ2n) is 11.2. The molecular weight excluding hydrogens is 518 g/mol. The lowest BCUT2D eigenvalue weighted by Crippen LogP contribution is -2.45. The van der Waals surface area contributed by atoms with Gasteiger partial charge in [-0.15, -0.1) is 0 Å². The number of aliphatic hydroxyl groups excluding tert-OH is 1. The van der Waals surface area contributed by atoms with E-state index in [1.807, 2.05) is 37.9 Å². The number of fused-ring (bicyclic) bond motifs is 3. The van der Waals surface area contributed by atoms with Crippen LogP contribution in [0.1, 0.15) is 50.7 Å². The second-order valence-corrected chi connectivity index (χ2v) is 11.2. The minimum Gasteiger partial charge on any atom is -0.493 e. The highest BCUT2D eigenvalue weighted by Crippen LogP contribution is 2.39. The van der Waals surface area contributed by atoms with E-state index in [-0.39, 0.29) is 5.69 Å². The predicted octanol–water partition coefficient (Wildman–Crippen LogP) is 4.60. The van der Waals surface area contributed by atoms with Crippen LogP contribution >= 0.6 is 0 Å². The Morgan fingerprint density at radius 3 is 2.65 bits per heavy atom. The first-order valence-corrected chi connectivity index (χ1v) is 13.5. The standard InChI is InChI=1S/C29H32F2N6O3/c1-29(2,3)40-28(38)35-11-8-18(9-12-35)19-4-7-25-22(14-19)26-20(10-13-39-25)16-36(34-26)27-32-17-33-37(27)24-6-5-21(30)15-23(24)31/h4-7,14-18,28,38H,8-13H2,1-3H3. The van der Waals surface area contributed by atoms with Crippen molar-refractivity contribution in [3.8, 4) is 28.6 Å². The molecule has 1 atom stereocenters. The smallest absolute Gasteiger partial charge is 0.253 e. The van der Waals surface area contributed by atoms with Gasteiger partial charge in [0.25, 0.3) is 5.95 Å². The maximum absolute atomic E-state index is 14.6. The van der Waals surface area contributed by atoms with Crippen LogP contribution < -0.4 is 4.74 Å². The summed E-state index contributed by atoms with van der Waals surface area (Å²) < 4.78 is 42.7. The molecule has 11 heteroatoms. The number of piperidine rings is 1. The highest BCUT2D eigenvalue weighted by atomic mass is 19.1. The Morgan fingerprint density at radius 1 is 1.10 bits per heavy atom. The zero-order valence-corrected chi connectivity index (χ0v) is 22.7. The van der Waals surface area contributed by atoms with Gasteiger partial charge < -0.3 is 14.6 Å². The van der Waals surface area contributed by atoms with Crippen LogP contribution in [0.4, 0.5) is 8.78 Å². The monoisotopic (exact) mass is 550 g/mol. The Labute approximate surface area is 231 Å². The molecule has 2 aromatic carbocycles. The Balaban J connectivity index is 1.27. The summed E-state index contributed by atoms with van der Waals surface area (Å²) in [4.78, 5) is 6.28. The predicted molar refractivity (Wildman–Crippen MR) is 143 cm³/mol. The molecular formula is C29H32F2N6O3. The first-order chi connectivity index (χ1) is 19.2. The van der Waals surface area contributed by atoms with E-state index >= 15 is 0 Å². The van der Waals surface area contributed by atoms with Gasteiger partial charge in [-0.25, -0.2) is 13.5 Å². The molecule has 0 spiro atoms. The first kappa shape index (κ1) is 26.5. The summed E-state index contributed by atoms with van der Waals surface area (Å²) in [6.07, 6.45) is 4.67. The van der Waals surface area contributed by atoms with E-state index in [0.717, 1.165) is 54.6 Å². The van der Waals surface area contributed by atoms with Crippen LogP contribution in [0.25, 0.3) is 22.9 Å². The lowest BCUT2D eigenvalue weighted by molar-refractivity contribution is -0.242. The van der Waals surface area contributed by atoms with Gasteiger partial charge in [0.15, 0.2) is 5.82 Å². The van der Waals surface area contributed by atoms with E-state index in [0.29, 0.717) is 24.9 Å². The van der Waals surface area contributed by atoms with Crippen molar-refractivity contribution in [2.24, 2.45) is 0 Å². The molecule has 1 fully saturated rings. The van der Waals surface area contributed by atoms with Crippen molar-refractivity contribution in [1.29, 1.82) is 0 Å². The van der Waals surface area contributed by atoms with Crippen molar-refractivity contribution >= 4 is 0 Å². The molecule has 0 radical (unpaired) electrons. The molecule has 4 aromatic rings. The van der Waals surface area contributed by atoms with Crippen LogP contribution in [-0.2, 0) is 11.2 Å². The van der Waals surface area contributed by atoms with Gasteiger partial charge in [-0.1, -0.05) is 6.07 Å². The van der Waals surface area contributed by atoms with Crippen LogP contribution in [0.3, 0.4) is 0 Å². The molecule has 210 valence electrons. The average Bonchev–Trinajstić information content (AvgIpc) is 3.52. The summed E-state index contributed by atoms with van der Waals surface area (Å²) in [5, 5.41) is 19.5. The first-order valence-electron chi connectivity index (χ1n) is 13.5. The SMILES string of the molecule is CC(C)(C)OC(O)N1CCC(c2ccc3c(c2)-c2nn(-c4ncnn4-c4ccc(F)cc4F)cc2CCO3)CC1. The Morgan fingerprint density at radius 2 is 1.90 bits per heavy atom. The summed E-state index contributed by atoms with van der Waals surface area (Å²) >= 11 is 0. The molecule has 2 aromatic heterocycles. The highest BCUT2D eigenvalue weighted by Gasteiger charge is 2.29. The Bertz CT molecular complexity index is 1520. The van der Waals surface area contributed by atoms with E-state index < -0.39 is 23.6 Å². The molecule has 6 rings (SSSR count). The van der Waals surface area contributed by atoms with Gasteiger partial charge in [0, 0.05) is 42.9 Å². The van der Waals surface area contributed by atoms with Crippen LogP contribution in [0.2, 0.25) is 0 Å². The Hall–Kier alpha value is -3.67. The molecule has 2 aliphatic rings. The molecule has 1 N–H and O–H groups in total. The fraction of sp³-hybridized carbons (Fsp3) is 0.414. The summed E-state index contributed by atoms with van der Waals surface area (Å²) in [5.74, 6) is -0.0406. The van der Waals surface area contributed by atoms with Crippen LogP contribution in [0, 0.1) is 11.6 Å². The van der Waals surface area contributed by atoms with Crippen molar-refractivity contribution < 1.29 is 23.4 Å². The number of likely N-dealkylation sites (tertiary alicyclic amines) is 1. The summed E-state index contributed by atoms with van der Waals surface area (Å²) in [7, 11) is 0. The van der Waals surface area contributed by atoms with Crippen LogP contribution in [0.15, 0.2) is 48.9 Å². The third kappa shape index (κ3) is 5.24. The summed E-state index contributed by atoms with van der Waals surface area (Å²) in [6, 6.07) is 9.57. The van der Waals surface area contributed by atoms with Crippen molar-refractivity contribution in [2.45, 2.75) is 58.0 Å². The maximum atomic E-state index is 14.6. The topological polar surface area (TPSA) is 90.5 Å². The number of hydrogen-bond acceptors (Lipinski definition) is 7. The fourth-order valence-corrected chi connectivity index (χ4v) is 5.36. The number of rotatable bonds is 5. The van der Waals surface area contributed by atoms with E-state index in [2.05, 4.69) is 22.2 Å². The summed E-state index contributed by atoms with van der Waals surface area (Å²) in [6.45, 7) is 7.74. The molecule has 0 saturated carbocycles. The number of benzene rings is 2. The number of halogens is 2. The van der Waals surface area contributed by atoms with E-state index in [1.165, 1.54) is 28.7 Å². The molecule has 1 unspecified atom stereocenters. The maximum Gasteiger partial charge on any atom is 0.253 e. The zero-order valence-electron chi connectivity index (χ0n) is 22.7. The molecule has 0 amide bonds. The second kappa shape index (κ2) is 10.4. The fourth-order valence-electron chi connectivity index (χ4n) is 5.36. The zero-order chi connectivity index (χ0) is 28.0. The average molecular weight is 551 g/mol. The van der Waals surface area contributed by atoms with Crippen molar-refractivity contribution in [3.05, 3.63) is 71.7 Å². The lowest BCUT2D eigenvalue weighted by Gasteiger charge is -2.37. The van der Waals surface area contributed by atoms with E-state index in [1.54, 1.807) is 4.68 Å². The van der Waals surface area contributed by atoms with Gasteiger partial charge in [-0.2, -0.15) is 19.9 Å². The van der Waals surface area contributed by atoms with Crippen LogP contribution in [0.5, 0.6) is 5.75 Å². The number of nitrogens with zero attached hydrogens (tertiary/aromatic N) is 6. The molecule has 1 saturated heterocycles. The molecule has 0 bridgehead atoms. The molecule has 9 nitrogen and oxygen atoms in total. The van der Waals surface area contributed by atoms with Gasteiger partial charge >= 0.3 is 0 Å². The third-order valence-corrected chi connectivity index (χ3v) is 7.32. The number of aromatic nitrogens is 5. The van der Waals surface area contributed by atoms with Gasteiger partial charge in [0.2, 0.25) is 6.41 Å². The number of ether oxygens (including phenoxy) is 2. The van der Waals surface area contributed by atoms with Crippen molar-refractivity contribution in [3.63, 3.8) is 0 Å². The van der Waals surface area contributed by atoms with Crippen molar-refractivity contribution in [1.82, 2.24) is 29.4 Å². The lowest BCUT2D eigenvalue weighted by atomic mass is 9.88. The van der Waals surface area contributed by atoms with E-state index in [4.69, 9.17) is 14.6 Å². The minimum absolute atomic E-state index is 0.0787. The Kier molecular flexibility index (Phi) is 6.89. The van der Waals surface area contributed by atoms with E-state index in [9.17, 15) is 13.9 Å². The molecule has 4 heterocycles. The normalized spacial score (nSPS) is 17.1. The van der Waals surface area contributed by atoms with Gasteiger partial charge in [0.05, 0.1) is 17.9 Å². The minimum atomic E-state index is -0.918. The summed E-state index contributed by atoms with van der Waals surface area (Å²) in [5.41, 5.74) is 3.48. The quantitative estimate of drug-likeness (QED) is 0.363. The van der Waals surface area contributed by atoms with Gasteiger partial charge in [0.1, 0.15) is 23.6 Å². The molecule has 0 aliphatic carbocycles. The van der Waals surface area contributed by atoms with Crippen LogP contribution in [-0.4, -0.2) is 66.3 Å². The molecule has 2 aliphatic heterocycles. The highest BCUT2D eigenvalue weighted by molar-refractivity contribution is 5.72. The van der Waals surface area contributed by atoms with Gasteiger partial charge in [-0.3, -0.25) is 4.90 Å². The van der Waals surface area contributed by atoms with Gasteiger partial charge in [-0.05, 0) is 69.4 Å². The number of aliphatic hydroxyl groups is 1. The number of hydrogen-bond donors (Lipinski definition) is 1.